The second kappa shape index (κ2) is 17.0. The van der Waals surface area contributed by atoms with Crippen LogP contribution in [0.2, 0.25) is 0 Å². The first-order valence-electron chi connectivity index (χ1n) is 15.6. The number of allylic oxidation sites excluding steroid dienone is 3. The molecule has 0 spiro atoms. The molecule has 0 saturated heterocycles. The fraction of sp³-hybridized carbons (Fsp3) is 0.514. The number of phenols is 1. The lowest BCUT2D eigenvalue weighted by Gasteiger charge is -2.32. The van der Waals surface area contributed by atoms with Crippen LogP contribution in [0.4, 0.5) is 0 Å². The summed E-state index contributed by atoms with van der Waals surface area (Å²) in [7, 11) is -4.60. The van der Waals surface area contributed by atoms with E-state index in [1.54, 1.807) is 30.3 Å². The van der Waals surface area contributed by atoms with Crippen molar-refractivity contribution in [1.82, 2.24) is 0 Å². The molecule has 8 heteroatoms. The Balaban J connectivity index is 1.93. The number of phosphoric acid groups is 1. The minimum atomic E-state index is -4.60. The molecular formula is C35H49O7P. The number of carbonyl (C=O) groups excluding carboxylic acids is 1. The Kier molecular flexibility index (Phi) is 13.7. The number of ether oxygens (including phenoxy) is 1. The third-order valence-corrected chi connectivity index (χ3v) is 8.98. The molecule has 0 heterocycles. The maximum absolute atomic E-state index is 13.7. The number of hydrogen-bond acceptors (Lipinski definition) is 6. The van der Waals surface area contributed by atoms with E-state index in [1.807, 2.05) is 26.0 Å². The van der Waals surface area contributed by atoms with Gasteiger partial charge in [-0.15, -0.1) is 0 Å². The number of benzene rings is 2. The normalized spacial score (nSPS) is 18.9. The van der Waals surface area contributed by atoms with Crippen molar-refractivity contribution in [3.8, 4) is 11.5 Å². The third kappa shape index (κ3) is 10.8. The lowest BCUT2D eigenvalue weighted by molar-refractivity contribution is -0.143. The zero-order valence-corrected chi connectivity index (χ0v) is 27.1. The number of phosphoric ester groups is 1. The Hall–Kier alpha value is -2.70. The lowest BCUT2D eigenvalue weighted by Crippen LogP contribution is -2.29. The van der Waals surface area contributed by atoms with Crippen LogP contribution in [0.5, 0.6) is 11.5 Å². The van der Waals surface area contributed by atoms with Crippen molar-refractivity contribution in [1.29, 1.82) is 0 Å². The van der Waals surface area contributed by atoms with Crippen LogP contribution in [0.15, 0.2) is 66.3 Å². The van der Waals surface area contributed by atoms with Gasteiger partial charge in [0.15, 0.2) is 6.10 Å². The predicted octanol–water partition coefficient (Wildman–Crippen LogP) is 9.33. The molecule has 0 aromatic heterocycles. The van der Waals surface area contributed by atoms with Crippen molar-refractivity contribution in [3.63, 3.8) is 0 Å². The van der Waals surface area contributed by atoms with Gasteiger partial charge in [-0.25, -0.2) is 9.36 Å². The molecule has 1 aliphatic carbocycles. The molecule has 2 unspecified atom stereocenters. The van der Waals surface area contributed by atoms with Crippen LogP contribution >= 0.6 is 7.82 Å². The van der Waals surface area contributed by atoms with E-state index in [2.05, 4.69) is 26.5 Å². The van der Waals surface area contributed by atoms with E-state index in [9.17, 15) is 19.4 Å². The zero-order valence-electron chi connectivity index (χ0n) is 26.2. The standard InChI is InChI=1S/C35H49O7P/c1-6-8-11-17-28-22-31(36)34(30-21-26(5)19-20-29(30)25(3)4)33(23-28)41-35(37)32(18-12-9-7-2)42-43(38,39)40-24-27-15-13-10-14-16-27/h10,13-16,21-23,29-30,32,36H,3,6-9,11-12,17-20,24H2,1-2,4-5H3,(H,38,39)/t29-,30+,32?/m0/s1. The number of carbonyl (C=O) groups is 1. The summed E-state index contributed by atoms with van der Waals surface area (Å²) in [5.41, 5.74) is 4.29. The Labute approximate surface area is 257 Å². The second-order valence-corrected chi connectivity index (χ2v) is 13.2. The first kappa shape index (κ1) is 34.8. The Morgan fingerprint density at radius 1 is 1.07 bits per heavy atom. The summed E-state index contributed by atoms with van der Waals surface area (Å²) in [4.78, 5) is 24.3. The summed E-state index contributed by atoms with van der Waals surface area (Å²) in [5.74, 6) is -0.624. The van der Waals surface area contributed by atoms with Gasteiger partial charge < -0.3 is 14.7 Å². The zero-order chi connectivity index (χ0) is 31.4. The van der Waals surface area contributed by atoms with Crippen molar-refractivity contribution in [2.75, 3.05) is 0 Å². The van der Waals surface area contributed by atoms with Gasteiger partial charge in [-0.3, -0.25) is 9.05 Å². The fourth-order valence-corrected chi connectivity index (χ4v) is 6.49. The van der Waals surface area contributed by atoms with Crippen molar-refractivity contribution in [3.05, 3.63) is 83.0 Å². The molecule has 43 heavy (non-hydrogen) atoms. The summed E-state index contributed by atoms with van der Waals surface area (Å²) in [6.45, 7) is 12.3. The Bertz CT molecular complexity index is 1290. The number of hydrogen-bond donors (Lipinski definition) is 2. The molecule has 0 radical (unpaired) electrons. The highest BCUT2D eigenvalue weighted by Crippen LogP contribution is 2.48. The van der Waals surface area contributed by atoms with Crippen LogP contribution in [0.1, 0.15) is 108 Å². The summed E-state index contributed by atoms with van der Waals surface area (Å²) in [6.07, 6.45) is 8.90. The molecule has 1 aliphatic rings. The number of esters is 1. The summed E-state index contributed by atoms with van der Waals surface area (Å²) >= 11 is 0. The molecule has 0 amide bonds. The SMILES string of the molecule is C=C(C)[C@@H]1CCC(C)=C[C@H]1c1c(O)cc(CCCCC)cc1OC(=O)C(CCCCC)OP(=O)(O)OCc1ccccc1. The van der Waals surface area contributed by atoms with Gasteiger partial charge in [-0.1, -0.05) is 100 Å². The van der Waals surface area contributed by atoms with Crippen LogP contribution in [0.25, 0.3) is 0 Å². The third-order valence-electron chi connectivity index (χ3n) is 8.00. The van der Waals surface area contributed by atoms with E-state index in [0.29, 0.717) is 17.5 Å². The molecule has 7 nitrogen and oxygen atoms in total. The fourth-order valence-electron chi connectivity index (χ4n) is 5.61. The van der Waals surface area contributed by atoms with Gasteiger partial charge >= 0.3 is 13.8 Å². The van der Waals surface area contributed by atoms with Crippen molar-refractivity contribution < 1.29 is 33.1 Å². The molecule has 2 aromatic rings. The highest BCUT2D eigenvalue weighted by molar-refractivity contribution is 7.47. The Morgan fingerprint density at radius 3 is 2.44 bits per heavy atom. The van der Waals surface area contributed by atoms with E-state index in [0.717, 1.165) is 62.5 Å². The number of aryl methyl sites for hydroxylation is 1. The largest absolute Gasteiger partial charge is 0.507 e. The molecular weight excluding hydrogens is 563 g/mol. The summed E-state index contributed by atoms with van der Waals surface area (Å²) < 4.78 is 29.7. The smallest absolute Gasteiger partial charge is 0.473 e. The second-order valence-electron chi connectivity index (χ2n) is 11.8. The molecule has 0 bridgehead atoms. The van der Waals surface area contributed by atoms with Gasteiger partial charge in [-0.2, -0.15) is 0 Å². The van der Waals surface area contributed by atoms with E-state index in [4.69, 9.17) is 13.8 Å². The molecule has 2 N–H and O–H groups in total. The average molecular weight is 613 g/mol. The predicted molar refractivity (Wildman–Crippen MR) is 171 cm³/mol. The Morgan fingerprint density at radius 2 is 1.77 bits per heavy atom. The van der Waals surface area contributed by atoms with Crippen LogP contribution in [0, 0.1) is 5.92 Å². The quantitative estimate of drug-likeness (QED) is 0.0603. The molecule has 0 fully saturated rings. The van der Waals surface area contributed by atoms with Gasteiger partial charge in [0.1, 0.15) is 11.5 Å². The van der Waals surface area contributed by atoms with Gasteiger partial charge in [0.25, 0.3) is 0 Å². The van der Waals surface area contributed by atoms with Crippen molar-refractivity contribution >= 4 is 13.8 Å². The molecule has 3 rings (SSSR count). The number of rotatable bonds is 17. The minimum Gasteiger partial charge on any atom is -0.507 e. The van der Waals surface area contributed by atoms with Crippen LogP contribution in [-0.4, -0.2) is 22.1 Å². The van der Waals surface area contributed by atoms with E-state index in [-0.39, 0.29) is 36.4 Å². The average Bonchev–Trinajstić information content (AvgIpc) is 2.96. The van der Waals surface area contributed by atoms with Crippen molar-refractivity contribution in [2.24, 2.45) is 5.92 Å². The first-order valence-corrected chi connectivity index (χ1v) is 17.1. The van der Waals surface area contributed by atoms with Gasteiger partial charge in [0.05, 0.1) is 6.61 Å². The topological polar surface area (TPSA) is 102 Å². The van der Waals surface area contributed by atoms with E-state index < -0.39 is 19.9 Å². The van der Waals surface area contributed by atoms with E-state index >= 15 is 0 Å². The van der Waals surface area contributed by atoms with Crippen LogP contribution < -0.4 is 4.74 Å². The van der Waals surface area contributed by atoms with Gasteiger partial charge in [0.2, 0.25) is 0 Å². The highest BCUT2D eigenvalue weighted by Gasteiger charge is 2.35. The highest BCUT2D eigenvalue weighted by atomic mass is 31.2. The molecule has 0 saturated carbocycles. The summed E-state index contributed by atoms with van der Waals surface area (Å²) in [6, 6.07) is 12.6. The lowest BCUT2D eigenvalue weighted by atomic mass is 9.73. The number of aromatic hydroxyl groups is 1. The number of unbranched alkanes of at least 4 members (excludes halogenated alkanes) is 4. The maximum atomic E-state index is 13.7. The monoisotopic (exact) mass is 612 g/mol. The minimum absolute atomic E-state index is 0.0682. The molecule has 236 valence electrons. The first-order chi connectivity index (χ1) is 20.5. The van der Waals surface area contributed by atoms with E-state index in [1.165, 1.54) is 5.57 Å². The summed E-state index contributed by atoms with van der Waals surface area (Å²) in [5, 5.41) is 11.4. The molecule has 2 aromatic carbocycles. The maximum Gasteiger partial charge on any atom is 0.473 e. The van der Waals surface area contributed by atoms with Gasteiger partial charge in [-0.05, 0) is 75.1 Å². The van der Waals surface area contributed by atoms with Crippen LogP contribution in [0.3, 0.4) is 0 Å². The molecule has 0 aliphatic heterocycles. The molecule has 4 atom stereocenters. The van der Waals surface area contributed by atoms with Crippen LogP contribution in [-0.2, 0) is 31.4 Å². The van der Waals surface area contributed by atoms with Crippen molar-refractivity contribution in [2.45, 2.75) is 111 Å². The number of phenolic OH excluding ortho intramolecular Hbond substituents is 1. The van der Waals surface area contributed by atoms with Gasteiger partial charge in [0, 0.05) is 11.5 Å².